The van der Waals surface area contributed by atoms with Crippen molar-refractivity contribution in [3.05, 3.63) is 35.4 Å². The number of nitrogens with one attached hydrogen (secondary N) is 2. The topological polar surface area (TPSA) is 56.7 Å². The Balaban J connectivity index is 0.00000192. The standard InChI is InChI=1S/C17H24N4O.HI/c1-18-17(19-10-13-6-7-13)20-11-16(22)21-9-8-14-4-2-3-5-15(14)12-21;/h2-5,13H,6-12H2,1H3,(H2,18,19,20);1H. The summed E-state index contributed by atoms with van der Waals surface area (Å²) in [5.41, 5.74) is 2.62. The van der Waals surface area contributed by atoms with Crippen molar-refractivity contribution in [3.8, 4) is 0 Å². The van der Waals surface area contributed by atoms with E-state index in [1.165, 1.54) is 24.0 Å². The molecular formula is C17H25IN4O. The van der Waals surface area contributed by atoms with Crippen LogP contribution in [0.1, 0.15) is 24.0 Å². The normalized spacial score (nSPS) is 17.1. The number of amides is 1. The zero-order valence-corrected chi connectivity index (χ0v) is 15.9. The number of carbonyl (C=O) groups is 1. The molecule has 1 fully saturated rings. The highest BCUT2D eigenvalue weighted by Gasteiger charge is 2.22. The van der Waals surface area contributed by atoms with Crippen molar-refractivity contribution in [3.63, 3.8) is 0 Å². The summed E-state index contributed by atoms with van der Waals surface area (Å²) in [6.45, 7) is 2.76. The first-order valence-corrected chi connectivity index (χ1v) is 8.05. The molecule has 0 aromatic heterocycles. The number of hydrogen-bond donors (Lipinski definition) is 2. The monoisotopic (exact) mass is 428 g/mol. The van der Waals surface area contributed by atoms with Crippen LogP contribution in [0.15, 0.2) is 29.3 Å². The Morgan fingerprint density at radius 3 is 2.70 bits per heavy atom. The molecule has 1 aromatic rings. The van der Waals surface area contributed by atoms with Crippen molar-refractivity contribution in [1.82, 2.24) is 15.5 Å². The molecule has 1 saturated carbocycles. The average molecular weight is 428 g/mol. The number of aliphatic imine (C=N–C) groups is 1. The van der Waals surface area contributed by atoms with Crippen LogP contribution in [0.3, 0.4) is 0 Å². The van der Waals surface area contributed by atoms with Gasteiger partial charge >= 0.3 is 0 Å². The summed E-state index contributed by atoms with van der Waals surface area (Å²) in [5, 5.41) is 6.39. The molecule has 0 spiro atoms. The Morgan fingerprint density at radius 1 is 1.26 bits per heavy atom. The van der Waals surface area contributed by atoms with Gasteiger partial charge in [0.05, 0.1) is 6.54 Å². The van der Waals surface area contributed by atoms with Crippen molar-refractivity contribution in [1.29, 1.82) is 0 Å². The SMILES string of the molecule is CN=C(NCC(=O)N1CCc2ccccc2C1)NCC1CC1.I. The summed E-state index contributed by atoms with van der Waals surface area (Å²) in [4.78, 5) is 18.4. The van der Waals surface area contributed by atoms with E-state index in [9.17, 15) is 4.79 Å². The molecule has 23 heavy (non-hydrogen) atoms. The van der Waals surface area contributed by atoms with Gasteiger partial charge in [-0.05, 0) is 36.3 Å². The number of fused-ring (bicyclic) bond motifs is 1. The van der Waals surface area contributed by atoms with Crippen LogP contribution in [0.25, 0.3) is 0 Å². The number of rotatable bonds is 4. The summed E-state index contributed by atoms with van der Waals surface area (Å²) >= 11 is 0. The molecule has 1 aromatic carbocycles. The van der Waals surface area contributed by atoms with E-state index in [4.69, 9.17) is 0 Å². The molecule has 2 aliphatic rings. The van der Waals surface area contributed by atoms with Gasteiger partial charge in [-0.2, -0.15) is 0 Å². The van der Waals surface area contributed by atoms with Gasteiger partial charge in [-0.3, -0.25) is 9.79 Å². The lowest BCUT2D eigenvalue weighted by molar-refractivity contribution is -0.130. The van der Waals surface area contributed by atoms with E-state index in [1.807, 2.05) is 11.0 Å². The summed E-state index contributed by atoms with van der Waals surface area (Å²) in [7, 11) is 1.74. The van der Waals surface area contributed by atoms with E-state index < -0.39 is 0 Å². The van der Waals surface area contributed by atoms with Crippen molar-refractivity contribution in [2.24, 2.45) is 10.9 Å². The Labute approximate surface area is 154 Å². The maximum absolute atomic E-state index is 12.4. The largest absolute Gasteiger partial charge is 0.356 e. The Bertz CT molecular complexity index is 571. The summed E-state index contributed by atoms with van der Waals surface area (Å²) in [5.74, 6) is 1.63. The molecule has 0 radical (unpaired) electrons. The zero-order valence-electron chi connectivity index (χ0n) is 13.5. The van der Waals surface area contributed by atoms with Gasteiger partial charge in [-0.15, -0.1) is 24.0 Å². The maximum atomic E-state index is 12.4. The highest BCUT2D eigenvalue weighted by molar-refractivity contribution is 14.0. The molecule has 0 atom stereocenters. The van der Waals surface area contributed by atoms with E-state index >= 15 is 0 Å². The molecule has 0 unspecified atom stereocenters. The predicted molar refractivity (Wildman–Crippen MR) is 103 cm³/mol. The van der Waals surface area contributed by atoms with Gasteiger partial charge in [0, 0.05) is 26.7 Å². The lowest BCUT2D eigenvalue weighted by atomic mass is 10.00. The second-order valence-electron chi connectivity index (χ2n) is 6.08. The van der Waals surface area contributed by atoms with Crippen LogP contribution in [0, 0.1) is 5.92 Å². The molecule has 1 aliphatic carbocycles. The quantitative estimate of drug-likeness (QED) is 0.437. The van der Waals surface area contributed by atoms with Crippen molar-refractivity contribution in [2.45, 2.75) is 25.8 Å². The van der Waals surface area contributed by atoms with E-state index in [-0.39, 0.29) is 29.9 Å². The van der Waals surface area contributed by atoms with Crippen molar-refractivity contribution < 1.29 is 4.79 Å². The summed E-state index contributed by atoms with van der Waals surface area (Å²) < 4.78 is 0. The molecule has 1 aliphatic heterocycles. The number of carbonyl (C=O) groups excluding carboxylic acids is 1. The van der Waals surface area contributed by atoms with E-state index in [1.54, 1.807) is 7.05 Å². The van der Waals surface area contributed by atoms with Gasteiger partial charge in [-0.25, -0.2) is 0 Å². The van der Waals surface area contributed by atoms with Gasteiger partial charge in [0.25, 0.3) is 0 Å². The first-order valence-electron chi connectivity index (χ1n) is 8.05. The number of hydrogen-bond acceptors (Lipinski definition) is 2. The van der Waals surface area contributed by atoms with Crippen LogP contribution >= 0.6 is 24.0 Å². The Kier molecular flexibility index (Phi) is 6.68. The van der Waals surface area contributed by atoms with E-state index in [0.29, 0.717) is 13.1 Å². The minimum Gasteiger partial charge on any atom is -0.356 e. The van der Waals surface area contributed by atoms with Crippen molar-refractivity contribution >= 4 is 35.8 Å². The van der Waals surface area contributed by atoms with Crippen LogP contribution in [-0.4, -0.2) is 43.4 Å². The van der Waals surface area contributed by atoms with E-state index in [0.717, 1.165) is 31.4 Å². The van der Waals surface area contributed by atoms with Crippen LogP contribution in [0.5, 0.6) is 0 Å². The number of benzene rings is 1. The summed E-state index contributed by atoms with van der Waals surface area (Å²) in [6.07, 6.45) is 3.54. The van der Waals surface area contributed by atoms with E-state index in [2.05, 4.69) is 33.8 Å². The fourth-order valence-corrected chi connectivity index (χ4v) is 2.76. The highest BCUT2D eigenvalue weighted by atomic mass is 127. The summed E-state index contributed by atoms with van der Waals surface area (Å²) in [6, 6.07) is 8.36. The number of nitrogens with zero attached hydrogens (tertiary/aromatic N) is 2. The van der Waals surface area contributed by atoms with Crippen LogP contribution < -0.4 is 10.6 Å². The highest BCUT2D eigenvalue weighted by Crippen LogP contribution is 2.27. The van der Waals surface area contributed by atoms with Crippen LogP contribution in [0.4, 0.5) is 0 Å². The lowest BCUT2D eigenvalue weighted by Gasteiger charge is -2.29. The van der Waals surface area contributed by atoms with Crippen LogP contribution in [0.2, 0.25) is 0 Å². The number of halogens is 1. The van der Waals surface area contributed by atoms with Gasteiger partial charge in [0.1, 0.15) is 0 Å². The molecule has 3 rings (SSSR count). The minimum atomic E-state index is 0. The molecule has 1 amide bonds. The molecule has 0 saturated heterocycles. The van der Waals surface area contributed by atoms with Gasteiger partial charge in [0.2, 0.25) is 5.91 Å². The smallest absolute Gasteiger partial charge is 0.242 e. The Hall–Kier alpha value is -1.31. The molecule has 2 N–H and O–H groups in total. The minimum absolute atomic E-state index is 0. The molecule has 0 bridgehead atoms. The second-order valence-corrected chi connectivity index (χ2v) is 6.08. The molecular weight excluding hydrogens is 403 g/mol. The Morgan fingerprint density at radius 2 is 2.00 bits per heavy atom. The van der Waals surface area contributed by atoms with Gasteiger partial charge in [-0.1, -0.05) is 24.3 Å². The second kappa shape index (κ2) is 8.52. The zero-order chi connectivity index (χ0) is 15.4. The van der Waals surface area contributed by atoms with Crippen LogP contribution in [-0.2, 0) is 17.8 Å². The maximum Gasteiger partial charge on any atom is 0.242 e. The fourth-order valence-electron chi connectivity index (χ4n) is 2.76. The van der Waals surface area contributed by atoms with Crippen molar-refractivity contribution in [2.75, 3.05) is 26.7 Å². The molecule has 126 valence electrons. The molecule has 6 heteroatoms. The molecule has 1 heterocycles. The predicted octanol–water partition coefficient (Wildman–Crippen LogP) is 1.76. The third-order valence-electron chi connectivity index (χ3n) is 4.37. The molecule has 5 nitrogen and oxygen atoms in total. The number of guanidine groups is 1. The first kappa shape index (κ1) is 18.0. The lowest BCUT2D eigenvalue weighted by Crippen LogP contribution is -2.46. The van der Waals surface area contributed by atoms with Gasteiger partial charge in [0.15, 0.2) is 5.96 Å². The third kappa shape index (κ3) is 5.09. The average Bonchev–Trinajstić information content (AvgIpc) is 3.38. The van der Waals surface area contributed by atoms with Gasteiger partial charge < -0.3 is 15.5 Å². The fraction of sp³-hybridized carbons (Fsp3) is 0.529. The third-order valence-corrected chi connectivity index (χ3v) is 4.37. The first-order chi connectivity index (χ1) is 10.8.